The van der Waals surface area contributed by atoms with Crippen molar-refractivity contribution in [1.82, 2.24) is 25.3 Å². The maximum atomic E-state index is 12.7. The predicted octanol–water partition coefficient (Wildman–Crippen LogP) is 2.91. The summed E-state index contributed by atoms with van der Waals surface area (Å²) in [6.45, 7) is 8.88. The van der Waals surface area contributed by atoms with Crippen molar-refractivity contribution in [3.8, 4) is 0 Å². The summed E-state index contributed by atoms with van der Waals surface area (Å²) in [5.74, 6) is -0.0901. The number of amides is 1. The van der Waals surface area contributed by atoms with E-state index in [1.807, 2.05) is 23.0 Å². The second kappa shape index (κ2) is 12.0. The van der Waals surface area contributed by atoms with E-state index in [-0.39, 0.29) is 24.4 Å². The van der Waals surface area contributed by atoms with E-state index >= 15 is 0 Å². The van der Waals surface area contributed by atoms with Crippen molar-refractivity contribution in [2.75, 3.05) is 32.7 Å². The van der Waals surface area contributed by atoms with Crippen molar-refractivity contribution in [1.29, 1.82) is 0 Å². The van der Waals surface area contributed by atoms with Gasteiger partial charge in [-0.15, -0.1) is 12.4 Å². The van der Waals surface area contributed by atoms with Gasteiger partial charge in [-0.25, -0.2) is 0 Å². The molecule has 2 atom stereocenters. The first-order valence-electron chi connectivity index (χ1n) is 10.5. The van der Waals surface area contributed by atoms with Gasteiger partial charge in [0.2, 0.25) is 0 Å². The van der Waals surface area contributed by atoms with Crippen LogP contribution in [0.1, 0.15) is 48.8 Å². The minimum Gasteiger partial charge on any atom is -0.349 e. The molecule has 2 aromatic rings. The smallest absolute Gasteiger partial charge is 0.271 e. The van der Waals surface area contributed by atoms with Gasteiger partial charge in [-0.2, -0.15) is 5.10 Å². The summed E-state index contributed by atoms with van der Waals surface area (Å²) in [6.07, 6.45) is 5.11. The van der Waals surface area contributed by atoms with Gasteiger partial charge in [0.15, 0.2) is 0 Å². The predicted molar refractivity (Wildman–Crippen MR) is 120 cm³/mol. The molecule has 0 bridgehead atoms. The highest BCUT2D eigenvalue weighted by molar-refractivity contribution is 5.92. The molecule has 2 unspecified atom stereocenters. The number of nitrogens with one attached hydrogen (secondary N) is 2. The standard InChI is InChI=1S/C22H33N5O.ClH/c1-3-26(4-2)20(15-18-9-6-5-7-10-18)17-24-22(28)21-12-14-27(25-21)19-11-8-13-23-16-19;/h5-7,9-10,12,14,19-20,23H,3-4,8,11,13,15-17H2,1-2H3,(H,24,28);1H. The largest absolute Gasteiger partial charge is 0.349 e. The number of benzene rings is 1. The molecule has 1 aliphatic heterocycles. The van der Waals surface area contributed by atoms with Crippen LogP contribution >= 0.6 is 12.4 Å². The van der Waals surface area contributed by atoms with Gasteiger partial charge < -0.3 is 10.6 Å². The number of hydrogen-bond donors (Lipinski definition) is 2. The maximum absolute atomic E-state index is 12.7. The van der Waals surface area contributed by atoms with Gasteiger partial charge in [0, 0.05) is 25.3 Å². The van der Waals surface area contributed by atoms with Crippen molar-refractivity contribution >= 4 is 18.3 Å². The zero-order valence-electron chi connectivity index (χ0n) is 17.5. The molecule has 1 amide bonds. The minimum atomic E-state index is -0.0901. The molecular formula is C22H34ClN5O. The third-order valence-corrected chi connectivity index (χ3v) is 5.63. The van der Waals surface area contributed by atoms with Crippen molar-refractivity contribution in [3.05, 3.63) is 53.9 Å². The molecule has 2 heterocycles. The van der Waals surface area contributed by atoms with Crippen molar-refractivity contribution < 1.29 is 4.79 Å². The average molecular weight is 420 g/mol. The second-order valence-electron chi connectivity index (χ2n) is 7.46. The number of carbonyl (C=O) groups excluding carboxylic acids is 1. The van der Waals surface area contributed by atoms with E-state index in [2.05, 4.69) is 58.7 Å². The molecule has 1 aliphatic rings. The fourth-order valence-corrected chi connectivity index (χ4v) is 3.98. The summed E-state index contributed by atoms with van der Waals surface area (Å²) >= 11 is 0. The molecule has 0 radical (unpaired) electrons. The van der Waals surface area contributed by atoms with Crippen LogP contribution in [0.5, 0.6) is 0 Å². The molecule has 160 valence electrons. The lowest BCUT2D eigenvalue weighted by molar-refractivity contribution is 0.0928. The number of carbonyl (C=O) groups is 1. The zero-order chi connectivity index (χ0) is 19.8. The molecule has 0 spiro atoms. The normalized spacial score (nSPS) is 17.6. The third-order valence-electron chi connectivity index (χ3n) is 5.63. The van der Waals surface area contributed by atoms with E-state index in [9.17, 15) is 4.79 Å². The van der Waals surface area contributed by atoms with E-state index in [0.29, 0.717) is 18.3 Å². The Bertz CT molecular complexity index is 726. The summed E-state index contributed by atoms with van der Waals surface area (Å²) in [5, 5.41) is 11.0. The highest BCUT2D eigenvalue weighted by Gasteiger charge is 2.20. The van der Waals surface area contributed by atoms with E-state index in [1.165, 1.54) is 5.56 Å². The van der Waals surface area contributed by atoms with Gasteiger partial charge in [-0.3, -0.25) is 14.4 Å². The Balaban J connectivity index is 0.00000300. The first kappa shape index (κ1) is 23.4. The molecule has 6 nitrogen and oxygen atoms in total. The first-order valence-corrected chi connectivity index (χ1v) is 10.5. The minimum absolute atomic E-state index is 0. The van der Waals surface area contributed by atoms with Crippen LogP contribution in [0.3, 0.4) is 0 Å². The Morgan fingerprint density at radius 3 is 2.69 bits per heavy atom. The van der Waals surface area contributed by atoms with Crippen LogP contribution in [0.15, 0.2) is 42.6 Å². The van der Waals surface area contributed by atoms with Crippen LogP contribution < -0.4 is 10.6 Å². The number of hydrogen-bond acceptors (Lipinski definition) is 4. The number of piperidine rings is 1. The summed E-state index contributed by atoms with van der Waals surface area (Å²) in [4.78, 5) is 15.1. The lowest BCUT2D eigenvalue weighted by Crippen LogP contribution is -2.45. The Hall–Kier alpha value is -1.89. The van der Waals surface area contributed by atoms with Crippen LogP contribution in [0.2, 0.25) is 0 Å². The molecule has 1 aromatic heterocycles. The Labute approximate surface area is 180 Å². The molecule has 0 aliphatic carbocycles. The molecule has 1 fully saturated rings. The van der Waals surface area contributed by atoms with Crippen LogP contribution in [0.4, 0.5) is 0 Å². The Morgan fingerprint density at radius 1 is 1.28 bits per heavy atom. The van der Waals surface area contributed by atoms with Gasteiger partial charge in [0.1, 0.15) is 5.69 Å². The number of likely N-dealkylation sites (N-methyl/N-ethyl adjacent to an activating group) is 1. The van der Waals surface area contributed by atoms with E-state index in [4.69, 9.17) is 0 Å². The van der Waals surface area contributed by atoms with Crippen molar-refractivity contribution in [3.63, 3.8) is 0 Å². The lowest BCUT2D eigenvalue weighted by Gasteiger charge is -2.30. The summed E-state index contributed by atoms with van der Waals surface area (Å²) in [7, 11) is 0. The van der Waals surface area contributed by atoms with Crippen LogP contribution in [0, 0.1) is 0 Å². The Kier molecular flexibility index (Phi) is 9.64. The monoisotopic (exact) mass is 419 g/mol. The molecule has 1 saturated heterocycles. The average Bonchev–Trinajstić information content (AvgIpc) is 3.24. The highest BCUT2D eigenvalue weighted by Crippen LogP contribution is 2.16. The van der Waals surface area contributed by atoms with Crippen molar-refractivity contribution in [2.45, 2.75) is 45.2 Å². The number of rotatable bonds is 9. The van der Waals surface area contributed by atoms with Gasteiger partial charge in [-0.05, 0) is 50.5 Å². The van der Waals surface area contributed by atoms with Crippen LogP contribution in [-0.2, 0) is 6.42 Å². The molecule has 7 heteroatoms. The fourth-order valence-electron chi connectivity index (χ4n) is 3.98. The summed E-state index contributed by atoms with van der Waals surface area (Å²) < 4.78 is 1.94. The van der Waals surface area contributed by atoms with E-state index in [0.717, 1.165) is 45.4 Å². The molecule has 1 aromatic carbocycles. The first-order chi connectivity index (χ1) is 13.7. The summed E-state index contributed by atoms with van der Waals surface area (Å²) in [6, 6.07) is 12.9. The molecule has 0 saturated carbocycles. The molecule has 3 rings (SSSR count). The molecule has 29 heavy (non-hydrogen) atoms. The van der Waals surface area contributed by atoms with Gasteiger partial charge in [-0.1, -0.05) is 44.2 Å². The highest BCUT2D eigenvalue weighted by atomic mass is 35.5. The molecular weight excluding hydrogens is 386 g/mol. The van der Waals surface area contributed by atoms with Crippen LogP contribution in [0.25, 0.3) is 0 Å². The van der Waals surface area contributed by atoms with E-state index in [1.54, 1.807) is 0 Å². The fraction of sp³-hybridized carbons (Fsp3) is 0.545. The molecule has 2 N–H and O–H groups in total. The topological polar surface area (TPSA) is 62.2 Å². The SMILES string of the molecule is CCN(CC)C(CNC(=O)c1ccn(C2CCCNC2)n1)Cc1ccccc1.Cl. The number of halogens is 1. The van der Waals surface area contributed by atoms with E-state index < -0.39 is 0 Å². The Morgan fingerprint density at radius 2 is 2.03 bits per heavy atom. The number of nitrogens with zero attached hydrogens (tertiary/aromatic N) is 3. The van der Waals surface area contributed by atoms with Crippen LogP contribution in [-0.4, -0.2) is 59.4 Å². The second-order valence-corrected chi connectivity index (χ2v) is 7.46. The van der Waals surface area contributed by atoms with Gasteiger partial charge in [0.25, 0.3) is 5.91 Å². The van der Waals surface area contributed by atoms with Gasteiger partial charge in [0.05, 0.1) is 6.04 Å². The number of aromatic nitrogens is 2. The third kappa shape index (κ3) is 6.56. The quantitative estimate of drug-likeness (QED) is 0.656. The summed E-state index contributed by atoms with van der Waals surface area (Å²) in [5.41, 5.74) is 1.80. The van der Waals surface area contributed by atoms with Gasteiger partial charge >= 0.3 is 0 Å². The zero-order valence-corrected chi connectivity index (χ0v) is 18.3. The lowest BCUT2D eigenvalue weighted by atomic mass is 10.0. The maximum Gasteiger partial charge on any atom is 0.271 e. The van der Waals surface area contributed by atoms with Crippen molar-refractivity contribution in [2.24, 2.45) is 0 Å².